The minimum Gasteiger partial charge on any atom is -0.369 e. The zero-order chi connectivity index (χ0) is 18.9. The second-order valence-corrected chi connectivity index (χ2v) is 8.83. The molecule has 1 unspecified atom stereocenters. The van der Waals surface area contributed by atoms with Crippen LogP contribution in [0.15, 0.2) is 35.2 Å². The Kier molecular flexibility index (Phi) is 5.04. The molecule has 7 nitrogen and oxygen atoms in total. The number of piperidine rings is 1. The third kappa shape index (κ3) is 4.07. The lowest BCUT2D eigenvalue weighted by Gasteiger charge is -2.34. The number of hydrogen-bond acceptors (Lipinski definition) is 5. The van der Waals surface area contributed by atoms with E-state index in [-0.39, 0.29) is 11.9 Å². The van der Waals surface area contributed by atoms with Crippen LogP contribution in [0.3, 0.4) is 0 Å². The van der Waals surface area contributed by atoms with Crippen LogP contribution in [-0.2, 0) is 16.9 Å². The van der Waals surface area contributed by atoms with Gasteiger partial charge in [0.25, 0.3) is 5.91 Å². The molecule has 26 heavy (non-hydrogen) atoms. The number of aryl methyl sites for hydroxylation is 2. The highest BCUT2D eigenvalue weighted by atomic mass is 32.2. The second-order valence-electron chi connectivity index (χ2n) is 6.82. The highest BCUT2D eigenvalue weighted by molar-refractivity contribution is 7.90. The van der Waals surface area contributed by atoms with Gasteiger partial charge in [0.2, 0.25) is 0 Å². The number of hydrogen-bond donors (Lipinski definition) is 1. The Hall–Kier alpha value is -2.35. The van der Waals surface area contributed by atoms with Crippen LogP contribution in [-0.4, -0.2) is 49.5 Å². The van der Waals surface area contributed by atoms with Crippen LogP contribution in [0.4, 0.5) is 5.69 Å². The van der Waals surface area contributed by atoms with E-state index in [0.717, 1.165) is 30.8 Å². The average molecular weight is 376 g/mol. The second kappa shape index (κ2) is 7.11. The van der Waals surface area contributed by atoms with E-state index in [2.05, 4.69) is 15.3 Å². The summed E-state index contributed by atoms with van der Waals surface area (Å²) in [6.45, 7) is 3.44. The number of carbonyl (C=O) groups is 1. The van der Waals surface area contributed by atoms with Crippen LogP contribution in [0.25, 0.3) is 0 Å². The first-order chi connectivity index (χ1) is 12.2. The normalized spacial score (nSPS) is 18.0. The first kappa shape index (κ1) is 18.4. The maximum absolute atomic E-state index is 12.5. The minimum absolute atomic E-state index is 0.0426. The first-order valence-electron chi connectivity index (χ1n) is 8.60. The zero-order valence-electron chi connectivity index (χ0n) is 15.3. The Morgan fingerprint density at radius 3 is 2.54 bits per heavy atom. The lowest BCUT2D eigenvalue weighted by molar-refractivity contribution is 0.0923. The van der Waals surface area contributed by atoms with Crippen LogP contribution >= 0.6 is 0 Å². The molecule has 0 spiro atoms. The summed E-state index contributed by atoms with van der Waals surface area (Å²) in [4.78, 5) is 15.0. The smallest absolute Gasteiger partial charge is 0.269 e. The van der Waals surface area contributed by atoms with Crippen molar-refractivity contribution in [3.63, 3.8) is 0 Å². The summed E-state index contributed by atoms with van der Waals surface area (Å²) in [7, 11) is -1.43. The zero-order valence-corrected chi connectivity index (χ0v) is 16.1. The van der Waals surface area contributed by atoms with Crippen molar-refractivity contribution in [2.75, 3.05) is 24.2 Å². The standard InChI is InChI=1S/C18H24N4O3S/c1-13-11-17(21(2)20-13)18(23)19-14-5-4-10-22(12-14)15-6-8-16(9-7-15)26(3,24)25/h6-9,11,14H,4-5,10,12H2,1-3H3,(H,19,23). The largest absolute Gasteiger partial charge is 0.369 e. The lowest BCUT2D eigenvalue weighted by atomic mass is 10.0. The van der Waals surface area contributed by atoms with E-state index in [1.54, 1.807) is 29.9 Å². The van der Waals surface area contributed by atoms with Crippen molar-refractivity contribution >= 4 is 21.4 Å². The summed E-state index contributed by atoms with van der Waals surface area (Å²) in [6, 6.07) is 8.73. The van der Waals surface area contributed by atoms with Gasteiger partial charge in [0.15, 0.2) is 9.84 Å². The van der Waals surface area contributed by atoms with Gasteiger partial charge in [-0.15, -0.1) is 0 Å². The first-order valence-corrected chi connectivity index (χ1v) is 10.5. The molecule has 0 bridgehead atoms. The third-order valence-corrected chi connectivity index (χ3v) is 5.75. The van der Waals surface area contributed by atoms with Gasteiger partial charge < -0.3 is 10.2 Å². The quantitative estimate of drug-likeness (QED) is 0.875. The van der Waals surface area contributed by atoms with Crippen molar-refractivity contribution in [2.45, 2.75) is 30.7 Å². The maximum Gasteiger partial charge on any atom is 0.269 e. The monoisotopic (exact) mass is 376 g/mol. The van der Waals surface area contributed by atoms with Crippen molar-refractivity contribution < 1.29 is 13.2 Å². The van der Waals surface area contributed by atoms with Crippen molar-refractivity contribution in [2.24, 2.45) is 7.05 Å². The Morgan fingerprint density at radius 1 is 1.27 bits per heavy atom. The van der Waals surface area contributed by atoms with Crippen molar-refractivity contribution in [3.05, 3.63) is 41.7 Å². The van der Waals surface area contributed by atoms with Crippen molar-refractivity contribution in [3.8, 4) is 0 Å². The molecule has 1 amide bonds. The molecule has 1 aromatic heterocycles. The summed E-state index contributed by atoms with van der Waals surface area (Å²) < 4.78 is 24.8. The van der Waals surface area contributed by atoms with E-state index in [1.165, 1.54) is 6.26 Å². The van der Waals surface area contributed by atoms with Gasteiger partial charge >= 0.3 is 0 Å². The van der Waals surface area contributed by atoms with Crippen molar-refractivity contribution in [1.29, 1.82) is 0 Å². The summed E-state index contributed by atoms with van der Waals surface area (Å²) in [5, 5.41) is 7.30. The average Bonchev–Trinajstić information content (AvgIpc) is 2.93. The fourth-order valence-electron chi connectivity index (χ4n) is 3.32. The number of rotatable bonds is 4. The molecule has 1 N–H and O–H groups in total. The van der Waals surface area contributed by atoms with Crippen LogP contribution in [0.1, 0.15) is 29.0 Å². The lowest BCUT2D eigenvalue weighted by Crippen LogP contribution is -2.48. The molecule has 1 aromatic carbocycles. The van der Waals surface area contributed by atoms with Gasteiger partial charge in [-0.05, 0) is 50.1 Å². The minimum atomic E-state index is -3.19. The Morgan fingerprint density at radius 2 is 1.96 bits per heavy atom. The van der Waals surface area contributed by atoms with Gasteiger partial charge in [-0.2, -0.15) is 5.10 Å². The van der Waals surface area contributed by atoms with Gasteiger partial charge in [-0.1, -0.05) is 0 Å². The molecule has 0 radical (unpaired) electrons. The maximum atomic E-state index is 12.5. The van der Waals surface area contributed by atoms with Gasteiger partial charge in [0.1, 0.15) is 5.69 Å². The topological polar surface area (TPSA) is 84.3 Å². The fraction of sp³-hybridized carbons (Fsp3) is 0.444. The molecule has 8 heteroatoms. The number of sulfone groups is 1. The molecule has 3 rings (SSSR count). The molecule has 0 saturated carbocycles. The Bertz CT molecular complexity index is 903. The number of aromatic nitrogens is 2. The number of nitrogens with zero attached hydrogens (tertiary/aromatic N) is 3. The number of nitrogens with one attached hydrogen (secondary N) is 1. The van der Waals surface area contributed by atoms with Crippen molar-refractivity contribution in [1.82, 2.24) is 15.1 Å². The predicted octanol–water partition coefficient (Wildman–Crippen LogP) is 1.53. The molecule has 1 atom stereocenters. The van der Waals surface area contributed by atoms with E-state index >= 15 is 0 Å². The molecule has 0 aliphatic carbocycles. The predicted molar refractivity (Wildman–Crippen MR) is 100 cm³/mol. The number of carbonyl (C=O) groups excluding carboxylic acids is 1. The number of benzene rings is 1. The van der Waals surface area contributed by atoms with E-state index in [0.29, 0.717) is 17.1 Å². The van der Waals surface area contributed by atoms with Crippen LogP contribution in [0, 0.1) is 6.92 Å². The summed E-state index contributed by atoms with van der Waals surface area (Å²) >= 11 is 0. The van der Waals surface area contributed by atoms with Crippen LogP contribution < -0.4 is 10.2 Å². The highest BCUT2D eigenvalue weighted by Gasteiger charge is 2.23. The fourth-order valence-corrected chi connectivity index (χ4v) is 3.95. The number of amides is 1. The van der Waals surface area contributed by atoms with Crippen LogP contribution in [0.2, 0.25) is 0 Å². The Balaban J connectivity index is 1.67. The molecule has 2 heterocycles. The number of anilines is 1. The van der Waals surface area contributed by atoms with E-state index in [4.69, 9.17) is 0 Å². The van der Waals surface area contributed by atoms with E-state index in [9.17, 15) is 13.2 Å². The molecule has 2 aromatic rings. The summed E-state index contributed by atoms with van der Waals surface area (Å²) in [5.74, 6) is -0.118. The molecule has 140 valence electrons. The molecular weight excluding hydrogens is 352 g/mol. The van der Waals surface area contributed by atoms with E-state index in [1.807, 2.05) is 19.1 Å². The van der Waals surface area contributed by atoms with E-state index < -0.39 is 9.84 Å². The molecular formula is C18H24N4O3S. The van der Waals surface area contributed by atoms with Gasteiger partial charge in [-0.25, -0.2) is 8.42 Å². The molecule has 1 aliphatic heterocycles. The molecule has 1 fully saturated rings. The van der Waals surface area contributed by atoms with Gasteiger partial charge in [0.05, 0.1) is 10.6 Å². The summed E-state index contributed by atoms with van der Waals surface area (Å²) in [5.41, 5.74) is 2.33. The van der Waals surface area contributed by atoms with Gasteiger partial charge in [-0.3, -0.25) is 9.48 Å². The molecule has 1 saturated heterocycles. The third-order valence-electron chi connectivity index (χ3n) is 4.62. The Labute approximate surface area is 153 Å². The molecule has 1 aliphatic rings. The van der Waals surface area contributed by atoms with Crippen LogP contribution in [0.5, 0.6) is 0 Å². The van der Waals surface area contributed by atoms with Gasteiger partial charge in [0, 0.05) is 38.1 Å². The highest BCUT2D eigenvalue weighted by Crippen LogP contribution is 2.22. The summed E-state index contributed by atoms with van der Waals surface area (Å²) in [6.07, 6.45) is 3.08. The SMILES string of the molecule is Cc1cc(C(=O)NC2CCCN(c3ccc(S(C)(=O)=O)cc3)C2)n(C)n1.